The largest absolute Gasteiger partial charge is 0.325 e. The summed E-state index contributed by atoms with van der Waals surface area (Å²) in [6.07, 6.45) is 0. The molecule has 0 bridgehead atoms. The van der Waals surface area contributed by atoms with Gasteiger partial charge in [-0.3, -0.25) is 9.10 Å². The molecule has 0 aromatic heterocycles. The van der Waals surface area contributed by atoms with Crippen LogP contribution in [0, 0.1) is 13.8 Å². The lowest BCUT2D eigenvalue weighted by atomic mass is 10.2. The topological polar surface area (TPSA) is 66.5 Å². The Bertz CT molecular complexity index is 1180. The standard InChI is InChI=1S/C22H20BrClN2O3S/c1-15-4-3-5-19(12-15)26(30(28,29)20-9-6-17(24)7-10-20)14-22(27)25-18-8-11-21(23)16(2)13-18/h3-13H,14H2,1-2H3,(H,25,27). The molecule has 1 amide bonds. The first-order valence-electron chi connectivity index (χ1n) is 9.08. The van der Waals surface area contributed by atoms with Gasteiger partial charge in [-0.15, -0.1) is 0 Å². The third kappa shape index (κ3) is 5.22. The van der Waals surface area contributed by atoms with Crippen LogP contribution in [0.15, 0.2) is 76.1 Å². The molecule has 1 N–H and O–H groups in total. The van der Waals surface area contributed by atoms with E-state index in [1.165, 1.54) is 24.3 Å². The maximum absolute atomic E-state index is 13.3. The zero-order valence-corrected chi connectivity index (χ0v) is 19.6. The van der Waals surface area contributed by atoms with Crippen molar-refractivity contribution in [3.8, 4) is 0 Å². The van der Waals surface area contributed by atoms with Gasteiger partial charge in [-0.05, 0) is 79.6 Å². The molecule has 0 radical (unpaired) electrons. The van der Waals surface area contributed by atoms with Crippen LogP contribution >= 0.6 is 27.5 Å². The van der Waals surface area contributed by atoms with Gasteiger partial charge in [0.15, 0.2) is 0 Å². The molecule has 0 spiro atoms. The molecule has 0 aliphatic heterocycles. The summed E-state index contributed by atoms with van der Waals surface area (Å²) in [6.45, 7) is 3.40. The second-order valence-corrected chi connectivity index (χ2v) is 9.97. The summed E-state index contributed by atoms with van der Waals surface area (Å²) >= 11 is 9.32. The number of carbonyl (C=O) groups excluding carboxylic acids is 1. The summed E-state index contributed by atoms with van der Waals surface area (Å²) in [5.41, 5.74) is 2.84. The Balaban J connectivity index is 1.94. The lowest BCUT2D eigenvalue weighted by molar-refractivity contribution is -0.114. The van der Waals surface area contributed by atoms with Crippen molar-refractivity contribution in [3.63, 3.8) is 0 Å². The Morgan fingerprint density at radius 3 is 2.37 bits per heavy atom. The van der Waals surface area contributed by atoms with Crippen LogP contribution in [-0.2, 0) is 14.8 Å². The van der Waals surface area contributed by atoms with Crippen molar-refractivity contribution in [2.24, 2.45) is 0 Å². The van der Waals surface area contributed by atoms with E-state index in [-0.39, 0.29) is 11.4 Å². The zero-order chi connectivity index (χ0) is 21.9. The van der Waals surface area contributed by atoms with Crippen molar-refractivity contribution >= 4 is 54.8 Å². The van der Waals surface area contributed by atoms with Crippen molar-refractivity contribution in [2.75, 3.05) is 16.2 Å². The van der Waals surface area contributed by atoms with Crippen LogP contribution < -0.4 is 9.62 Å². The molecule has 0 aliphatic rings. The average Bonchev–Trinajstić information content (AvgIpc) is 2.69. The molecule has 3 aromatic carbocycles. The van der Waals surface area contributed by atoms with Crippen LogP contribution in [0.1, 0.15) is 11.1 Å². The summed E-state index contributed by atoms with van der Waals surface area (Å²) in [5.74, 6) is -0.448. The van der Waals surface area contributed by atoms with E-state index in [0.29, 0.717) is 16.4 Å². The molecule has 5 nitrogen and oxygen atoms in total. The van der Waals surface area contributed by atoms with Gasteiger partial charge in [-0.2, -0.15) is 0 Å². The fraction of sp³-hybridized carbons (Fsp3) is 0.136. The molecule has 156 valence electrons. The Hall–Kier alpha value is -2.35. The van der Waals surface area contributed by atoms with Gasteiger partial charge in [0.25, 0.3) is 10.0 Å². The number of anilines is 2. The number of carbonyl (C=O) groups is 1. The highest BCUT2D eigenvalue weighted by molar-refractivity contribution is 9.10. The molecule has 3 rings (SSSR count). The number of sulfonamides is 1. The van der Waals surface area contributed by atoms with Gasteiger partial charge in [0, 0.05) is 15.2 Å². The number of nitrogens with one attached hydrogen (secondary N) is 1. The van der Waals surface area contributed by atoms with E-state index >= 15 is 0 Å². The molecule has 0 saturated heterocycles. The van der Waals surface area contributed by atoms with Crippen molar-refractivity contribution in [2.45, 2.75) is 18.7 Å². The smallest absolute Gasteiger partial charge is 0.264 e. The summed E-state index contributed by atoms with van der Waals surface area (Å²) < 4.78 is 28.7. The fourth-order valence-electron chi connectivity index (χ4n) is 2.89. The van der Waals surface area contributed by atoms with Crippen LogP contribution in [0.25, 0.3) is 0 Å². The number of hydrogen-bond acceptors (Lipinski definition) is 3. The first kappa shape index (κ1) is 22.3. The average molecular weight is 508 g/mol. The van der Waals surface area contributed by atoms with Crippen molar-refractivity contribution in [1.29, 1.82) is 0 Å². The maximum Gasteiger partial charge on any atom is 0.264 e. The minimum Gasteiger partial charge on any atom is -0.325 e. The summed E-state index contributed by atoms with van der Waals surface area (Å²) in [5, 5.41) is 3.20. The van der Waals surface area contributed by atoms with Gasteiger partial charge in [-0.25, -0.2) is 8.42 Å². The van der Waals surface area contributed by atoms with E-state index in [9.17, 15) is 13.2 Å². The van der Waals surface area contributed by atoms with Crippen LogP contribution in [0.2, 0.25) is 5.02 Å². The van der Waals surface area contributed by atoms with Crippen LogP contribution in [0.5, 0.6) is 0 Å². The summed E-state index contributed by atoms with van der Waals surface area (Å²) in [7, 11) is -3.98. The van der Waals surface area contributed by atoms with Gasteiger partial charge in [0.05, 0.1) is 10.6 Å². The molecule has 0 saturated carbocycles. The van der Waals surface area contributed by atoms with E-state index < -0.39 is 15.9 Å². The molecular weight excluding hydrogens is 488 g/mol. The number of rotatable bonds is 6. The van der Waals surface area contributed by atoms with Gasteiger partial charge in [-0.1, -0.05) is 39.7 Å². The Kier molecular flexibility index (Phi) is 6.85. The second-order valence-electron chi connectivity index (χ2n) is 6.82. The van der Waals surface area contributed by atoms with Gasteiger partial charge >= 0.3 is 0 Å². The maximum atomic E-state index is 13.3. The Morgan fingerprint density at radius 2 is 1.73 bits per heavy atom. The molecule has 3 aromatic rings. The first-order chi connectivity index (χ1) is 14.2. The molecule has 30 heavy (non-hydrogen) atoms. The summed E-state index contributed by atoms with van der Waals surface area (Å²) in [6, 6.07) is 18.3. The van der Waals surface area contributed by atoms with Crippen molar-refractivity contribution in [3.05, 3.63) is 87.4 Å². The Morgan fingerprint density at radius 1 is 1.03 bits per heavy atom. The molecule has 0 fully saturated rings. The van der Waals surface area contributed by atoms with E-state index in [0.717, 1.165) is 19.9 Å². The fourth-order valence-corrected chi connectivity index (χ4v) is 4.67. The lowest BCUT2D eigenvalue weighted by Gasteiger charge is -2.24. The zero-order valence-electron chi connectivity index (χ0n) is 16.4. The molecule has 0 unspecified atom stereocenters. The SMILES string of the molecule is Cc1cccc(N(CC(=O)Nc2ccc(Br)c(C)c2)S(=O)(=O)c2ccc(Cl)cc2)c1. The normalized spacial score (nSPS) is 11.2. The van der Waals surface area contributed by atoms with Crippen molar-refractivity contribution < 1.29 is 13.2 Å². The van der Waals surface area contributed by atoms with E-state index in [4.69, 9.17) is 11.6 Å². The number of hydrogen-bond donors (Lipinski definition) is 1. The molecule has 0 aliphatic carbocycles. The number of halogens is 2. The van der Waals surface area contributed by atoms with E-state index in [1.807, 2.05) is 32.0 Å². The molecule has 0 atom stereocenters. The van der Waals surface area contributed by atoms with Crippen LogP contribution in [0.3, 0.4) is 0 Å². The minimum absolute atomic E-state index is 0.0562. The van der Waals surface area contributed by atoms with Gasteiger partial charge in [0.1, 0.15) is 6.54 Å². The Labute approximate surface area is 189 Å². The predicted octanol–water partition coefficient (Wildman–Crippen LogP) is 5.55. The third-order valence-corrected chi connectivity index (χ3v) is 7.35. The molecule has 0 heterocycles. The summed E-state index contributed by atoms with van der Waals surface area (Å²) in [4.78, 5) is 12.8. The first-order valence-corrected chi connectivity index (χ1v) is 11.7. The van der Waals surface area contributed by atoms with E-state index in [2.05, 4.69) is 21.2 Å². The highest BCUT2D eigenvalue weighted by Crippen LogP contribution is 2.26. The monoisotopic (exact) mass is 506 g/mol. The molecule has 8 heteroatoms. The number of benzene rings is 3. The number of amides is 1. The van der Waals surface area contributed by atoms with Crippen LogP contribution in [0.4, 0.5) is 11.4 Å². The lowest BCUT2D eigenvalue weighted by Crippen LogP contribution is -2.38. The number of aryl methyl sites for hydroxylation is 2. The third-order valence-electron chi connectivity index (χ3n) is 4.42. The van der Waals surface area contributed by atoms with E-state index in [1.54, 1.807) is 24.3 Å². The number of nitrogens with zero attached hydrogens (tertiary/aromatic N) is 1. The van der Waals surface area contributed by atoms with Gasteiger partial charge in [0.2, 0.25) is 5.91 Å². The quantitative estimate of drug-likeness (QED) is 0.475. The molecular formula is C22H20BrClN2O3S. The highest BCUT2D eigenvalue weighted by atomic mass is 79.9. The predicted molar refractivity (Wildman–Crippen MR) is 125 cm³/mol. The minimum atomic E-state index is -3.98. The second kappa shape index (κ2) is 9.20. The van der Waals surface area contributed by atoms with Gasteiger partial charge < -0.3 is 5.32 Å². The highest BCUT2D eigenvalue weighted by Gasteiger charge is 2.27. The van der Waals surface area contributed by atoms with Crippen molar-refractivity contribution in [1.82, 2.24) is 0 Å². The van der Waals surface area contributed by atoms with Crippen LogP contribution in [-0.4, -0.2) is 20.9 Å².